The van der Waals surface area contributed by atoms with Crippen molar-refractivity contribution in [1.29, 1.82) is 0 Å². The Bertz CT molecular complexity index is 763. The van der Waals surface area contributed by atoms with Crippen LogP contribution in [-0.2, 0) is 16.0 Å². The number of carbonyl (C=O) groups excluding carboxylic acids is 2. The number of carbonyl (C=O) groups is 2. The summed E-state index contributed by atoms with van der Waals surface area (Å²) in [4.78, 5) is 31.5. The zero-order chi connectivity index (χ0) is 17.8. The summed E-state index contributed by atoms with van der Waals surface area (Å²) in [5.74, 6) is 1.12. The number of amides is 2. The van der Waals surface area contributed by atoms with E-state index in [0.717, 1.165) is 11.1 Å². The number of piperazine rings is 1. The number of aromatic nitrogens is 2. The van der Waals surface area contributed by atoms with Crippen molar-refractivity contribution in [2.45, 2.75) is 26.7 Å². The van der Waals surface area contributed by atoms with E-state index in [9.17, 15) is 9.59 Å². The molecule has 0 atom stereocenters. The molecule has 0 bridgehead atoms. The van der Waals surface area contributed by atoms with Crippen LogP contribution >= 0.6 is 0 Å². The molecule has 1 aliphatic heterocycles. The fourth-order valence-corrected chi connectivity index (χ4v) is 2.90. The number of rotatable bonds is 4. The minimum Gasteiger partial charge on any atom is -0.339 e. The molecule has 0 radical (unpaired) electrons. The van der Waals surface area contributed by atoms with Crippen molar-refractivity contribution in [3.8, 4) is 11.4 Å². The Hall–Kier alpha value is -2.70. The van der Waals surface area contributed by atoms with E-state index in [4.69, 9.17) is 4.52 Å². The third-order valence-electron chi connectivity index (χ3n) is 4.37. The summed E-state index contributed by atoms with van der Waals surface area (Å²) in [6, 6.07) is 7.88. The molecule has 0 N–H and O–H groups in total. The van der Waals surface area contributed by atoms with Gasteiger partial charge in [-0.25, -0.2) is 0 Å². The summed E-state index contributed by atoms with van der Waals surface area (Å²) in [7, 11) is 0. The molecule has 132 valence electrons. The van der Waals surface area contributed by atoms with Crippen molar-refractivity contribution >= 4 is 11.8 Å². The second kappa shape index (κ2) is 7.46. The minimum absolute atomic E-state index is 0.0542. The monoisotopic (exact) mass is 342 g/mol. The number of hydrogen-bond acceptors (Lipinski definition) is 5. The number of benzene rings is 1. The van der Waals surface area contributed by atoms with Crippen molar-refractivity contribution in [1.82, 2.24) is 19.9 Å². The van der Waals surface area contributed by atoms with E-state index in [2.05, 4.69) is 10.1 Å². The van der Waals surface area contributed by atoms with E-state index < -0.39 is 0 Å². The smallest absolute Gasteiger partial charge is 0.227 e. The number of hydrogen-bond donors (Lipinski definition) is 0. The Kier molecular flexibility index (Phi) is 5.11. The topological polar surface area (TPSA) is 79.5 Å². The van der Waals surface area contributed by atoms with Crippen LogP contribution in [0.25, 0.3) is 11.4 Å². The normalized spacial score (nSPS) is 14.6. The summed E-state index contributed by atoms with van der Waals surface area (Å²) < 4.78 is 5.26. The second-order valence-corrected chi connectivity index (χ2v) is 6.27. The Morgan fingerprint density at radius 2 is 1.88 bits per heavy atom. The Morgan fingerprint density at radius 3 is 2.56 bits per heavy atom. The predicted molar refractivity (Wildman–Crippen MR) is 91.6 cm³/mol. The van der Waals surface area contributed by atoms with Crippen molar-refractivity contribution in [2.24, 2.45) is 0 Å². The SMILES string of the molecule is CC(=O)N1CCN(C(=O)CCc2nc(-c3cccc(C)c3)no2)CC1. The third kappa shape index (κ3) is 4.23. The van der Waals surface area contributed by atoms with Crippen molar-refractivity contribution in [3.63, 3.8) is 0 Å². The number of nitrogens with zero attached hydrogens (tertiary/aromatic N) is 4. The van der Waals surface area contributed by atoms with E-state index >= 15 is 0 Å². The molecule has 7 heteroatoms. The van der Waals surface area contributed by atoms with Crippen LogP contribution in [0.15, 0.2) is 28.8 Å². The van der Waals surface area contributed by atoms with Crippen molar-refractivity contribution < 1.29 is 14.1 Å². The molecule has 0 unspecified atom stereocenters. The van der Waals surface area contributed by atoms with Crippen molar-refractivity contribution in [2.75, 3.05) is 26.2 Å². The molecule has 0 saturated carbocycles. The highest BCUT2D eigenvalue weighted by molar-refractivity contribution is 5.77. The lowest BCUT2D eigenvalue weighted by Crippen LogP contribution is -2.50. The van der Waals surface area contributed by atoms with Crippen LogP contribution in [0.1, 0.15) is 24.8 Å². The van der Waals surface area contributed by atoms with E-state index in [1.54, 1.807) is 16.7 Å². The molecular weight excluding hydrogens is 320 g/mol. The fraction of sp³-hybridized carbons (Fsp3) is 0.444. The lowest BCUT2D eigenvalue weighted by molar-refractivity contribution is -0.138. The molecule has 0 spiro atoms. The van der Waals surface area contributed by atoms with Gasteiger partial charge in [-0.15, -0.1) is 0 Å². The molecule has 1 saturated heterocycles. The summed E-state index contributed by atoms with van der Waals surface area (Å²) in [5.41, 5.74) is 2.03. The fourth-order valence-electron chi connectivity index (χ4n) is 2.90. The Labute approximate surface area is 146 Å². The van der Waals surface area contributed by atoms with Crippen LogP contribution in [-0.4, -0.2) is 57.9 Å². The van der Waals surface area contributed by atoms with Gasteiger partial charge in [-0.2, -0.15) is 4.98 Å². The van der Waals surface area contributed by atoms with Gasteiger partial charge in [-0.3, -0.25) is 9.59 Å². The average Bonchev–Trinajstić information content (AvgIpc) is 3.09. The van der Waals surface area contributed by atoms with Gasteiger partial charge in [0.05, 0.1) is 0 Å². The standard InChI is InChI=1S/C18H22N4O3/c1-13-4-3-5-15(12-13)18-19-16(25-20-18)6-7-17(24)22-10-8-21(9-11-22)14(2)23/h3-5,12H,6-11H2,1-2H3. The van der Waals surface area contributed by atoms with Crippen molar-refractivity contribution in [3.05, 3.63) is 35.7 Å². The molecule has 2 aromatic rings. The van der Waals surface area contributed by atoms with Gasteiger partial charge in [0.25, 0.3) is 0 Å². The molecule has 2 heterocycles. The molecule has 7 nitrogen and oxygen atoms in total. The highest BCUT2D eigenvalue weighted by Gasteiger charge is 2.22. The zero-order valence-electron chi connectivity index (χ0n) is 14.6. The van der Waals surface area contributed by atoms with Crippen LogP contribution in [0, 0.1) is 6.92 Å². The first-order valence-corrected chi connectivity index (χ1v) is 8.46. The highest BCUT2D eigenvalue weighted by atomic mass is 16.5. The van der Waals surface area contributed by atoms with Crippen LogP contribution < -0.4 is 0 Å². The van der Waals surface area contributed by atoms with Gasteiger partial charge in [-0.05, 0) is 13.0 Å². The van der Waals surface area contributed by atoms with Crippen LogP contribution in [0.4, 0.5) is 0 Å². The van der Waals surface area contributed by atoms with Gasteiger partial charge < -0.3 is 14.3 Å². The quantitative estimate of drug-likeness (QED) is 0.844. The van der Waals surface area contributed by atoms with Gasteiger partial charge in [0, 0.05) is 51.5 Å². The van der Waals surface area contributed by atoms with Gasteiger partial charge in [-0.1, -0.05) is 28.9 Å². The van der Waals surface area contributed by atoms with Gasteiger partial charge in [0.2, 0.25) is 23.5 Å². The maximum Gasteiger partial charge on any atom is 0.227 e. The van der Waals surface area contributed by atoms with E-state index in [0.29, 0.717) is 50.7 Å². The van der Waals surface area contributed by atoms with Crippen LogP contribution in [0.3, 0.4) is 0 Å². The molecule has 1 aliphatic rings. The summed E-state index contributed by atoms with van der Waals surface area (Å²) in [6.45, 7) is 5.92. The number of aryl methyl sites for hydroxylation is 2. The molecule has 3 rings (SSSR count). The first-order valence-electron chi connectivity index (χ1n) is 8.46. The predicted octanol–water partition coefficient (Wildman–Crippen LogP) is 1.67. The summed E-state index contributed by atoms with van der Waals surface area (Å²) in [6.07, 6.45) is 0.750. The first-order chi connectivity index (χ1) is 12.0. The van der Waals surface area contributed by atoms with Gasteiger partial charge >= 0.3 is 0 Å². The summed E-state index contributed by atoms with van der Waals surface area (Å²) in [5, 5.41) is 3.99. The molecule has 1 aromatic carbocycles. The van der Waals surface area contributed by atoms with E-state index in [1.165, 1.54) is 0 Å². The average molecular weight is 342 g/mol. The van der Waals surface area contributed by atoms with E-state index in [-0.39, 0.29) is 11.8 Å². The molecule has 0 aliphatic carbocycles. The second-order valence-electron chi connectivity index (χ2n) is 6.27. The Balaban J connectivity index is 1.52. The van der Waals surface area contributed by atoms with Crippen LogP contribution in [0.5, 0.6) is 0 Å². The highest BCUT2D eigenvalue weighted by Crippen LogP contribution is 2.17. The largest absolute Gasteiger partial charge is 0.339 e. The first kappa shape index (κ1) is 17.1. The maximum atomic E-state index is 12.3. The molecule has 25 heavy (non-hydrogen) atoms. The third-order valence-corrected chi connectivity index (χ3v) is 4.37. The molecular formula is C18H22N4O3. The zero-order valence-corrected chi connectivity index (χ0v) is 14.6. The summed E-state index contributed by atoms with van der Waals surface area (Å²) >= 11 is 0. The van der Waals surface area contributed by atoms with E-state index in [1.807, 2.05) is 31.2 Å². The lowest BCUT2D eigenvalue weighted by Gasteiger charge is -2.34. The molecule has 1 fully saturated rings. The molecule has 2 amide bonds. The van der Waals surface area contributed by atoms with Crippen LogP contribution in [0.2, 0.25) is 0 Å². The van der Waals surface area contributed by atoms with Gasteiger partial charge in [0.1, 0.15) is 0 Å². The maximum absolute atomic E-state index is 12.3. The Morgan fingerprint density at radius 1 is 1.16 bits per heavy atom. The van der Waals surface area contributed by atoms with Gasteiger partial charge in [0.15, 0.2) is 0 Å². The lowest BCUT2D eigenvalue weighted by atomic mass is 10.1. The molecule has 1 aromatic heterocycles. The minimum atomic E-state index is 0.0542.